The number of nitrogens with two attached hydrogens (primary N) is 1. The van der Waals surface area contributed by atoms with Crippen LogP contribution < -0.4 is 24.8 Å². The van der Waals surface area contributed by atoms with Crippen molar-refractivity contribution in [3.05, 3.63) is 95.0 Å². The van der Waals surface area contributed by atoms with Crippen LogP contribution in [0.15, 0.2) is 89.4 Å². The third-order valence-electron chi connectivity index (χ3n) is 6.71. The molecule has 1 aliphatic heterocycles. The molecule has 1 atom stereocenters. The number of hydrogen-bond donors (Lipinski definition) is 1. The van der Waals surface area contributed by atoms with E-state index in [0.717, 1.165) is 0 Å². The van der Waals surface area contributed by atoms with Gasteiger partial charge in [-0.2, -0.15) is 5.26 Å². The molecule has 2 N–H and O–H groups in total. The Morgan fingerprint density at radius 3 is 1.98 bits per heavy atom. The van der Waals surface area contributed by atoms with E-state index < -0.39 is 17.9 Å². The predicted octanol–water partition coefficient (Wildman–Crippen LogP) is 4.28. The van der Waals surface area contributed by atoms with Crippen LogP contribution in [0, 0.1) is 11.3 Å². The van der Waals surface area contributed by atoms with E-state index in [4.69, 9.17) is 29.4 Å². The van der Waals surface area contributed by atoms with E-state index in [-0.39, 0.29) is 22.7 Å². The topological polar surface area (TPSA) is 133 Å². The summed E-state index contributed by atoms with van der Waals surface area (Å²) in [5.41, 5.74) is 8.85. The van der Waals surface area contributed by atoms with Crippen molar-refractivity contribution in [2.24, 2.45) is 5.73 Å². The van der Waals surface area contributed by atoms with E-state index in [0.29, 0.717) is 39.6 Å². The van der Waals surface area contributed by atoms with Gasteiger partial charge in [0.1, 0.15) is 11.5 Å². The number of nitriles is 1. The third-order valence-corrected chi connectivity index (χ3v) is 6.71. The number of carbonyl (C=O) groups is 2. The first-order chi connectivity index (χ1) is 19.8. The smallest absolute Gasteiger partial charge is 0.355 e. The van der Waals surface area contributed by atoms with Crippen LogP contribution in [0.25, 0.3) is 11.1 Å². The zero-order valence-corrected chi connectivity index (χ0v) is 23.3. The highest BCUT2D eigenvalue weighted by atomic mass is 16.5. The van der Waals surface area contributed by atoms with E-state index in [9.17, 15) is 14.9 Å². The Bertz CT molecular complexity index is 1560. The molecule has 0 saturated carbocycles. The van der Waals surface area contributed by atoms with Crippen molar-refractivity contribution in [2.45, 2.75) is 5.92 Å². The SMILES string of the molecule is COC(=O)C1=C(C(=O)OC)N(c2cccc(-c3cc(OC)c(OC)c(OC)c3)c2)C(N)=C(C#N)C1c1ccccc1. The average molecular weight is 556 g/mol. The lowest BCUT2D eigenvalue weighted by molar-refractivity contribution is -0.139. The third kappa shape index (κ3) is 5.13. The fraction of sp³-hybridized carbons (Fsp3) is 0.194. The molecule has 0 aromatic heterocycles. The minimum Gasteiger partial charge on any atom is -0.493 e. The number of allylic oxidation sites excluding steroid dienone is 1. The quantitative estimate of drug-likeness (QED) is 0.402. The van der Waals surface area contributed by atoms with Crippen LogP contribution in [0.3, 0.4) is 0 Å². The summed E-state index contributed by atoms with van der Waals surface area (Å²) in [4.78, 5) is 28.0. The molecule has 1 unspecified atom stereocenters. The number of methoxy groups -OCH3 is 5. The largest absolute Gasteiger partial charge is 0.493 e. The van der Waals surface area contributed by atoms with E-state index in [2.05, 4.69) is 6.07 Å². The second-order valence-corrected chi connectivity index (χ2v) is 8.80. The molecule has 0 fully saturated rings. The summed E-state index contributed by atoms with van der Waals surface area (Å²) < 4.78 is 26.7. The molecule has 0 amide bonds. The zero-order chi connectivity index (χ0) is 29.7. The van der Waals surface area contributed by atoms with Gasteiger partial charge in [0.25, 0.3) is 0 Å². The second-order valence-electron chi connectivity index (χ2n) is 8.80. The van der Waals surface area contributed by atoms with Gasteiger partial charge in [-0.1, -0.05) is 42.5 Å². The van der Waals surface area contributed by atoms with E-state index in [1.165, 1.54) is 40.4 Å². The van der Waals surface area contributed by atoms with Crippen LogP contribution in [0.4, 0.5) is 5.69 Å². The Labute approximate surface area is 237 Å². The van der Waals surface area contributed by atoms with Gasteiger partial charge in [-0.05, 0) is 41.0 Å². The Kier molecular flexibility index (Phi) is 8.48. The van der Waals surface area contributed by atoms with Crippen LogP contribution in [0.2, 0.25) is 0 Å². The monoisotopic (exact) mass is 555 g/mol. The highest BCUT2D eigenvalue weighted by molar-refractivity contribution is 6.06. The van der Waals surface area contributed by atoms with Gasteiger partial charge in [-0.15, -0.1) is 0 Å². The van der Waals surface area contributed by atoms with Gasteiger partial charge >= 0.3 is 11.9 Å². The molecular formula is C31H29N3O7. The summed E-state index contributed by atoms with van der Waals surface area (Å²) in [6.45, 7) is 0. The van der Waals surface area contributed by atoms with E-state index in [1.54, 1.807) is 60.7 Å². The van der Waals surface area contributed by atoms with Crippen LogP contribution in [-0.2, 0) is 19.1 Å². The van der Waals surface area contributed by atoms with Gasteiger partial charge in [0.2, 0.25) is 5.75 Å². The number of rotatable bonds is 8. The summed E-state index contributed by atoms with van der Waals surface area (Å²) in [5, 5.41) is 10.3. The van der Waals surface area contributed by atoms with Crippen LogP contribution >= 0.6 is 0 Å². The van der Waals surface area contributed by atoms with E-state index in [1.807, 2.05) is 6.07 Å². The molecular weight excluding hydrogens is 526 g/mol. The van der Waals surface area contributed by atoms with Crippen LogP contribution in [0.1, 0.15) is 11.5 Å². The highest BCUT2D eigenvalue weighted by Gasteiger charge is 2.43. The Hall–Kier alpha value is -5.43. The minimum absolute atomic E-state index is 0.0311. The molecule has 0 spiro atoms. The molecule has 0 saturated heterocycles. The van der Waals surface area contributed by atoms with Gasteiger partial charge in [0.15, 0.2) is 11.5 Å². The van der Waals surface area contributed by atoms with Crippen LogP contribution in [0.5, 0.6) is 17.2 Å². The molecule has 1 aliphatic rings. The molecule has 1 heterocycles. The normalized spacial score (nSPS) is 14.7. The maximum absolute atomic E-state index is 13.4. The first-order valence-electron chi connectivity index (χ1n) is 12.4. The maximum Gasteiger partial charge on any atom is 0.355 e. The summed E-state index contributed by atoms with van der Waals surface area (Å²) >= 11 is 0. The molecule has 41 heavy (non-hydrogen) atoms. The number of carbonyl (C=O) groups excluding carboxylic acids is 2. The van der Waals surface area contributed by atoms with E-state index >= 15 is 0 Å². The number of esters is 2. The number of ether oxygens (including phenoxy) is 5. The lowest BCUT2D eigenvalue weighted by Crippen LogP contribution is -2.40. The lowest BCUT2D eigenvalue weighted by atomic mass is 9.81. The number of anilines is 1. The zero-order valence-electron chi connectivity index (χ0n) is 23.3. The van der Waals surface area contributed by atoms with Gasteiger partial charge in [0.05, 0.1) is 58.7 Å². The molecule has 10 heteroatoms. The van der Waals surface area contributed by atoms with Gasteiger partial charge in [-0.3, -0.25) is 4.90 Å². The average Bonchev–Trinajstić information content (AvgIpc) is 3.02. The molecule has 210 valence electrons. The first kappa shape index (κ1) is 28.6. The molecule has 0 bridgehead atoms. The molecule has 3 aromatic rings. The maximum atomic E-state index is 13.4. The van der Waals surface area contributed by atoms with Crippen molar-refractivity contribution >= 4 is 17.6 Å². The molecule has 0 aliphatic carbocycles. The Balaban J connectivity index is 2.00. The minimum atomic E-state index is -0.961. The standard InChI is InChI=1S/C31H29N3O7/c1-37-23-15-20(16-24(38-2)28(23)39-3)19-12-9-13-21(14-19)34-27(31(36)41-5)26(30(35)40-4)25(22(17-32)29(34)33)18-10-7-6-8-11-18/h6-16,25H,33H2,1-5H3. The molecule has 10 nitrogen and oxygen atoms in total. The fourth-order valence-corrected chi connectivity index (χ4v) is 4.85. The molecule has 3 aromatic carbocycles. The summed E-state index contributed by atoms with van der Waals surface area (Å²) in [6, 6.07) is 21.6. The van der Waals surface area contributed by atoms with Crippen molar-refractivity contribution in [1.82, 2.24) is 0 Å². The van der Waals surface area contributed by atoms with Crippen molar-refractivity contribution < 1.29 is 33.3 Å². The van der Waals surface area contributed by atoms with Crippen molar-refractivity contribution in [1.29, 1.82) is 5.26 Å². The van der Waals surface area contributed by atoms with Gasteiger partial charge in [0, 0.05) is 5.69 Å². The van der Waals surface area contributed by atoms with Crippen molar-refractivity contribution in [2.75, 3.05) is 40.4 Å². The second kappa shape index (κ2) is 12.2. The summed E-state index contributed by atoms with van der Waals surface area (Å²) in [5.74, 6) is -1.29. The summed E-state index contributed by atoms with van der Waals surface area (Å²) in [6.07, 6.45) is 0. The molecule has 0 radical (unpaired) electrons. The predicted molar refractivity (Wildman–Crippen MR) is 151 cm³/mol. The number of benzene rings is 3. The Morgan fingerprint density at radius 1 is 0.805 bits per heavy atom. The van der Waals surface area contributed by atoms with Gasteiger partial charge < -0.3 is 29.4 Å². The number of hydrogen-bond acceptors (Lipinski definition) is 10. The highest BCUT2D eigenvalue weighted by Crippen LogP contribution is 2.45. The lowest BCUT2D eigenvalue weighted by Gasteiger charge is -2.36. The fourth-order valence-electron chi connectivity index (χ4n) is 4.85. The van der Waals surface area contributed by atoms with Gasteiger partial charge in [-0.25, -0.2) is 9.59 Å². The van der Waals surface area contributed by atoms with Crippen molar-refractivity contribution in [3.63, 3.8) is 0 Å². The first-order valence-corrected chi connectivity index (χ1v) is 12.4. The number of nitrogens with zero attached hydrogens (tertiary/aromatic N) is 2. The summed E-state index contributed by atoms with van der Waals surface area (Å²) in [7, 11) is 6.96. The molecule has 4 rings (SSSR count). The van der Waals surface area contributed by atoms with Crippen LogP contribution in [-0.4, -0.2) is 47.5 Å². The Morgan fingerprint density at radius 2 is 1.44 bits per heavy atom. The van der Waals surface area contributed by atoms with Crippen molar-refractivity contribution in [3.8, 4) is 34.4 Å².